The molecule has 134 valence electrons. The molecule has 1 saturated heterocycles. The molecule has 2 rings (SSSR count). The van der Waals surface area contributed by atoms with Crippen LogP contribution in [0.1, 0.15) is 64.5 Å². The molecule has 0 saturated carbocycles. The van der Waals surface area contributed by atoms with E-state index < -0.39 is 16.0 Å². The molecule has 0 bridgehead atoms. The predicted octanol–water partition coefficient (Wildman–Crippen LogP) is 4.02. The van der Waals surface area contributed by atoms with E-state index in [-0.39, 0.29) is 11.3 Å². The molecule has 1 heterocycles. The van der Waals surface area contributed by atoms with Crippen molar-refractivity contribution in [2.45, 2.75) is 69.8 Å². The highest BCUT2D eigenvalue weighted by Gasteiger charge is 2.26. The molecule has 1 aliphatic heterocycles. The molecule has 0 N–H and O–H groups in total. The summed E-state index contributed by atoms with van der Waals surface area (Å²) in [5.41, 5.74) is 2.43. The van der Waals surface area contributed by atoms with E-state index in [1.807, 2.05) is 24.0 Å². The van der Waals surface area contributed by atoms with Gasteiger partial charge in [0.1, 0.15) is 5.25 Å². The van der Waals surface area contributed by atoms with Crippen molar-refractivity contribution in [2.75, 3.05) is 13.1 Å². The third-order valence-electron chi connectivity index (χ3n) is 4.79. The molecule has 0 radical (unpaired) electrons. The molecule has 2 atom stereocenters. The number of hydrogen-bond donors (Lipinski definition) is 0. The van der Waals surface area contributed by atoms with Crippen molar-refractivity contribution in [3.05, 3.63) is 35.4 Å². The minimum Gasteiger partial charge on any atom is -0.342 e. The van der Waals surface area contributed by atoms with E-state index in [9.17, 15) is 9.00 Å². The van der Waals surface area contributed by atoms with Gasteiger partial charge in [0.2, 0.25) is 5.91 Å². The Hall–Kier alpha value is -1.16. The Morgan fingerprint density at radius 1 is 1.08 bits per heavy atom. The van der Waals surface area contributed by atoms with Crippen LogP contribution in [0.15, 0.2) is 24.3 Å². The molecule has 1 amide bonds. The number of rotatable bonds is 4. The molecule has 0 spiro atoms. The summed E-state index contributed by atoms with van der Waals surface area (Å²) in [4.78, 5) is 14.5. The highest BCUT2D eigenvalue weighted by Crippen LogP contribution is 2.23. The fraction of sp³-hybridized carbons (Fsp3) is 0.650. The SMILES string of the molecule is CC(C(=O)N1CCCCCC1)S(=O)Cc1ccc(C(C)(C)C)cc1. The van der Waals surface area contributed by atoms with Crippen LogP contribution >= 0.6 is 0 Å². The van der Waals surface area contributed by atoms with E-state index >= 15 is 0 Å². The van der Waals surface area contributed by atoms with Gasteiger partial charge in [-0.3, -0.25) is 9.00 Å². The van der Waals surface area contributed by atoms with Gasteiger partial charge in [0, 0.05) is 29.6 Å². The smallest absolute Gasteiger partial charge is 0.238 e. The zero-order valence-electron chi connectivity index (χ0n) is 15.5. The first-order chi connectivity index (χ1) is 11.3. The van der Waals surface area contributed by atoms with Crippen LogP contribution in [-0.4, -0.2) is 33.4 Å². The average molecular weight is 350 g/mol. The molecule has 24 heavy (non-hydrogen) atoms. The molecule has 0 aliphatic carbocycles. The van der Waals surface area contributed by atoms with Crippen LogP contribution in [0.25, 0.3) is 0 Å². The lowest BCUT2D eigenvalue weighted by atomic mass is 9.87. The normalized spacial score (nSPS) is 18.8. The lowest BCUT2D eigenvalue weighted by Crippen LogP contribution is -2.40. The first-order valence-corrected chi connectivity index (χ1v) is 10.4. The van der Waals surface area contributed by atoms with Gasteiger partial charge in [-0.2, -0.15) is 0 Å². The van der Waals surface area contributed by atoms with Crippen LogP contribution in [0.2, 0.25) is 0 Å². The fourth-order valence-corrected chi connectivity index (χ4v) is 4.20. The zero-order valence-corrected chi connectivity index (χ0v) is 16.3. The van der Waals surface area contributed by atoms with Crippen molar-refractivity contribution in [3.63, 3.8) is 0 Å². The topological polar surface area (TPSA) is 37.4 Å². The van der Waals surface area contributed by atoms with Gasteiger partial charge in [-0.05, 0) is 36.3 Å². The van der Waals surface area contributed by atoms with E-state index in [0.29, 0.717) is 5.75 Å². The highest BCUT2D eigenvalue weighted by atomic mass is 32.2. The molecule has 1 fully saturated rings. The number of hydrogen-bond acceptors (Lipinski definition) is 2. The van der Waals surface area contributed by atoms with Crippen LogP contribution < -0.4 is 0 Å². The highest BCUT2D eigenvalue weighted by molar-refractivity contribution is 7.85. The Kier molecular flexibility index (Phi) is 6.62. The zero-order chi connectivity index (χ0) is 17.7. The summed E-state index contributed by atoms with van der Waals surface area (Å²) < 4.78 is 12.6. The summed E-state index contributed by atoms with van der Waals surface area (Å²) >= 11 is 0. The van der Waals surface area contributed by atoms with Crippen molar-refractivity contribution in [2.24, 2.45) is 0 Å². The third kappa shape index (κ3) is 5.17. The Morgan fingerprint density at radius 2 is 1.62 bits per heavy atom. The standard InChI is InChI=1S/C20H31NO2S/c1-16(19(22)21-13-7-5-6-8-14-21)24(23)15-17-9-11-18(12-10-17)20(2,3)4/h9-12,16H,5-8,13-15H2,1-4H3. The lowest BCUT2D eigenvalue weighted by Gasteiger charge is -2.24. The summed E-state index contributed by atoms with van der Waals surface area (Å²) in [6, 6.07) is 8.30. The summed E-state index contributed by atoms with van der Waals surface area (Å²) in [7, 11) is -1.17. The maximum Gasteiger partial charge on any atom is 0.238 e. The van der Waals surface area contributed by atoms with Crippen LogP contribution in [0.5, 0.6) is 0 Å². The second-order valence-electron chi connectivity index (χ2n) is 7.85. The van der Waals surface area contributed by atoms with Crippen molar-refractivity contribution in [1.29, 1.82) is 0 Å². The van der Waals surface area contributed by atoms with Crippen LogP contribution in [0.4, 0.5) is 0 Å². The largest absolute Gasteiger partial charge is 0.342 e. The molecule has 2 unspecified atom stereocenters. The van der Waals surface area contributed by atoms with Crippen molar-refractivity contribution >= 4 is 16.7 Å². The van der Waals surface area contributed by atoms with Crippen molar-refractivity contribution < 1.29 is 9.00 Å². The Morgan fingerprint density at radius 3 is 2.12 bits per heavy atom. The first kappa shape index (κ1) is 19.2. The quantitative estimate of drug-likeness (QED) is 0.823. The monoisotopic (exact) mass is 349 g/mol. The number of nitrogens with zero attached hydrogens (tertiary/aromatic N) is 1. The Bertz CT molecular complexity index is 566. The summed E-state index contributed by atoms with van der Waals surface area (Å²) in [5.74, 6) is 0.507. The molecule has 0 aromatic heterocycles. The van der Waals surface area contributed by atoms with Crippen molar-refractivity contribution in [1.82, 2.24) is 4.90 Å². The Labute approximate surface area is 149 Å². The van der Waals surface area contributed by atoms with E-state index in [2.05, 4.69) is 32.9 Å². The summed E-state index contributed by atoms with van der Waals surface area (Å²) in [5, 5.41) is -0.426. The first-order valence-electron chi connectivity index (χ1n) is 9.04. The molecule has 1 aromatic carbocycles. The number of amides is 1. The van der Waals surface area contributed by atoms with Gasteiger partial charge >= 0.3 is 0 Å². The number of carbonyl (C=O) groups excluding carboxylic acids is 1. The lowest BCUT2D eigenvalue weighted by molar-refractivity contribution is -0.130. The maximum atomic E-state index is 12.6. The molecule has 1 aliphatic rings. The van der Waals surface area contributed by atoms with Gasteiger partial charge in [0.15, 0.2) is 0 Å². The van der Waals surface area contributed by atoms with Crippen LogP contribution in [-0.2, 0) is 26.8 Å². The van der Waals surface area contributed by atoms with Crippen LogP contribution in [0, 0.1) is 0 Å². The minimum absolute atomic E-state index is 0.0570. The van der Waals surface area contributed by atoms with E-state index in [4.69, 9.17) is 0 Å². The third-order valence-corrected chi connectivity index (χ3v) is 6.40. The Balaban J connectivity index is 1.96. The van der Waals surface area contributed by atoms with Gasteiger partial charge in [-0.15, -0.1) is 0 Å². The van der Waals surface area contributed by atoms with Gasteiger partial charge < -0.3 is 4.90 Å². The minimum atomic E-state index is -1.17. The van der Waals surface area contributed by atoms with Gasteiger partial charge in [-0.25, -0.2) is 0 Å². The van der Waals surface area contributed by atoms with E-state index in [1.54, 1.807) is 0 Å². The average Bonchev–Trinajstić information content (AvgIpc) is 2.82. The fourth-order valence-electron chi connectivity index (χ4n) is 3.05. The molecular weight excluding hydrogens is 318 g/mol. The van der Waals surface area contributed by atoms with Gasteiger partial charge in [-0.1, -0.05) is 57.9 Å². The van der Waals surface area contributed by atoms with Crippen LogP contribution in [0.3, 0.4) is 0 Å². The molecule has 4 heteroatoms. The van der Waals surface area contributed by atoms with Gasteiger partial charge in [0.25, 0.3) is 0 Å². The summed E-state index contributed by atoms with van der Waals surface area (Å²) in [6.45, 7) is 10.0. The maximum absolute atomic E-state index is 12.6. The number of likely N-dealkylation sites (tertiary alicyclic amines) is 1. The van der Waals surface area contributed by atoms with Crippen molar-refractivity contribution in [3.8, 4) is 0 Å². The second-order valence-corrected chi connectivity index (χ2v) is 9.61. The predicted molar refractivity (Wildman–Crippen MR) is 101 cm³/mol. The second kappa shape index (κ2) is 8.28. The van der Waals surface area contributed by atoms with E-state index in [1.165, 1.54) is 18.4 Å². The molecule has 1 aromatic rings. The van der Waals surface area contributed by atoms with Gasteiger partial charge in [0.05, 0.1) is 0 Å². The number of carbonyl (C=O) groups is 1. The van der Waals surface area contributed by atoms with E-state index in [0.717, 1.165) is 31.5 Å². The number of benzene rings is 1. The summed E-state index contributed by atoms with van der Waals surface area (Å²) in [6.07, 6.45) is 4.53. The molecular formula is C20H31NO2S. The molecule has 3 nitrogen and oxygen atoms in total.